The number of likely N-dealkylation sites (N-methyl/N-ethyl adjacent to an activating group) is 1. The van der Waals surface area contributed by atoms with Crippen LogP contribution in [0.5, 0.6) is 0 Å². The molecule has 6 heteroatoms. The van der Waals surface area contributed by atoms with Crippen molar-refractivity contribution in [2.75, 3.05) is 33.7 Å². The lowest BCUT2D eigenvalue weighted by Gasteiger charge is -2.11. The van der Waals surface area contributed by atoms with Crippen LogP contribution in [-0.2, 0) is 22.3 Å². The fraction of sp³-hybridized carbons (Fsp3) is 0.600. The van der Waals surface area contributed by atoms with E-state index in [4.69, 9.17) is 0 Å². The van der Waals surface area contributed by atoms with Crippen molar-refractivity contribution >= 4 is 10.0 Å². The lowest BCUT2D eigenvalue weighted by molar-refractivity contribution is 0.412. The molecule has 1 aromatic carbocycles. The molecule has 0 saturated carbocycles. The molecule has 1 rings (SSSR count). The lowest BCUT2D eigenvalue weighted by atomic mass is 10.1. The molecule has 0 aliphatic carbocycles. The summed E-state index contributed by atoms with van der Waals surface area (Å²) in [5.74, 6) is 0.0298. The van der Waals surface area contributed by atoms with Gasteiger partial charge in [0, 0.05) is 19.6 Å². The van der Waals surface area contributed by atoms with Gasteiger partial charge in [0.25, 0.3) is 0 Å². The van der Waals surface area contributed by atoms with Crippen molar-refractivity contribution in [2.45, 2.75) is 25.6 Å². The van der Waals surface area contributed by atoms with Crippen molar-refractivity contribution in [1.82, 2.24) is 14.9 Å². The number of benzene rings is 1. The quantitative estimate of drug-likeness (QED) is 0.637. The first-order chi connectivity index (χ1) is 9.93. The Labute approximate surface area is 128 Å². The van der Waals surface area contributed by atoms with Crippen molar-refractivity contribution < 1.29 is 8.42 Å². The first-order valence-electron chi connectivity index (χ1n) is 7.33. The van der Waals surface area contributed by atoms with E-state index in [1.54, 1.807) is 0 Å². The first kappa shape index (κ1) is 18.1. The summed E-state index contributed by atoms with van der Waals surface area (Å²) in [6, 6.07) is 7.73. The highest BCUT2D eigenvalue weighted by atomic mass is 32.2. The predicted molar refractivity (Wildman–Crippen MR) is 87.6 cm³/mol. The fourth-order valence-electron chi connectivity index (χ4n) is 1.93. The molecule has 1 aromatic rings. The van der Waals surface area contributed by atoms with Gasteiger partial charge in [-0.15, -0.1) is 0 Å². The van der Waals surface area contributed by atoms with Crippen molar-refractivity contribution in [3.05, 3.63) is 35.4 Å². The number of hydrogen-bond acceptors (Lipinski definition) is 4. The first-order valence-corrected chi connectivity index (χ1v) is 8.99. The molecular weight excluding hydrogens is 286 g/mol. The molecule has 0 atom stereocenters. The SMILES string of the molecule is CCCNCc1cccc(CS(=O)(=O)NCCN(C)C)c1. The Balaban J connectivity index is 2.54. The number of hydrogen-bond donors (Lipinski definition) is 2. The minimum atomic E-state index is -3.27. The fourth-order valence-corrected chi connectivity index (χ4v) is 3.06. The Morgan fingerprint density at radius 3 is 2.52 bits per heavy atom. The second-order valence-electron chi connectivity index (χ2n) is 5.45. The Bertz CT molecular complexity index is 515. The van der Waals surface area contributed by atoms with Crippen LogP contribution in [0.4, 0.5) is 0 Å². The van der Waals surface area contributed by atoms with E-state index in [1.165, 1.54) is 0 Å². The highest BCUT2D eigenvalue weighted by Crippen LogP contribution is 2.08. The highest BCUT2D eigenvalue weighted by molar-refractivity contribution is 7.88. The summed E-state index contributed by atoms with van der Waals surface area (Å²) >= 11 is 0. The summed E-state index contributed by atoms with van der Waals surface area (Å²) in [4.78, 5) is 1.95. The Kier molecular flexibility index (Phi) is 7.88. The van der Waals surface area contributed by atoms with Crippen LogP contribution in [0.15, 0.2) is 24.3 Å². The van der Waals surface area contributed by atoms with E-state index in [0.29, 0.717) is 13.1 Å². The monoisotopic (exact) mass is 313 g/mol. The molecule has 0 aromatic heterocycles. The van der Waals surface area contributed by atoms with Gasteiger partial charge in [-0.05, 0) is 38.2 Å². The standard InChI is InChI=1S/C15H27N3O2S/c1-4-8-16-12-14-6-5-7-15(11-14)13-21(19,20)17-9-10-18(2)3/h5-7,11,16-17H,4,8-10,12-13H2,1-3H3. The largest absolute Gasteiger partial charge is 0.313 e. The van der Waals surface area contributed by atoms with Gasteiger partial charge in [-0.2, -0.15) is 0 Å². The predicted octanol–water partition coefficient (Wildman–Crippen LogP) is 1.17. The van der Waals surface area contributed by atoms with Gasteiger partial charge in [-0.25, -0.2) is 13.1 Å². The van der Waals surface area contributed by atoms with E-state index >= 15 is 0 Å². The highest BCUT2D eigenvalue weighted by Gasteiger charge is 2.11. The van der Waals surface area contributed by atoms with Crippen LogP contribution in [0.25, 0.3) is 0 Å². The van der Waals surface area contributed by atoms with Gasteiger partial charge < -0.3 is 10.2 Å². The summed E-state index contributed by atoms with van der Waals surface area (Å²) in [6.07, 6.45) is 1.09. The van der Waals surface area contributed by atoms with Crippen LogP contribution in [0.2, 0.25) is 0 Å². The van der Waals surface area contributed by atoms with Crippen LogP contribution >= 0.6 is 0 Å². The van der Waals surface area contributed by atoms with E-state index in [9.17, 15) is 8.42 Å². The number of rotatable bonds is 10. The minimum Gasteiger partial charge on any atom is -0.313 e. The van der Waals surface area contributed by atoms with Gasteiger partial charge in [-0.3, -0.25) is 0 Å². The summed E-state index contributed by atoms with van der Waals surface area (Å²) in [6.45, 7) is 4.99. The Morgan fingerprint density at radius 2 is 1.86 bits per heavy atom. The van der Waals surface area contributed by atoms with E-state index < -0.39 is 10.0 Å². The minimum absolute atomic E-state index is 0.0298. The molecule has 21 heavy (non-hydrogen) atoms. The number of sulfonamides is 1. The zero-order valence-corrected chi connectivity index (χ0v) is 14.0. The average Bonchev–Trinajstić information content (AvgIpc) is 2.38. The molecular formula is C15H27N3O2S. The topological polar surface area (TPSA) is 61.4 Å². The van der Waals surface area contributed by atoms with E-state index in [2.05, 4.69) is 17.0 Å². The second kappa shape index (κ2) is 9.15. The van der Waals surface area contributed by atoms with Crippen LogP contribution in [0.1, 0.15) is 24.5 Å². The van der Waals surface area contributed by atoms with Gasteiger partial charge in [0.05, 0.1) is 5.75 Å². The third kappa shape index (κ3) is 8.16. The Hall–Kier alpha value is -0.950. The van der Waals surface area contributed by atoms with E-state index in [0.717, 1.165) is 30.6 Å². The van der Waals surface area contributed by atoms with Gasteiger partial charge in [0.2, 0.25) is 10.0 Å². The maximum atomic E-state index is 12.0. The molecule has 0 aliphatic rings. The third-order valence-electron chi connectivity index (χ3n) is 2.98. The molecule has 0 amide bonds. The lowest BCUT2D eigenvalue weighted by Crippen LogP contribution is -2.32. The molecule has 0 unspecified atom stereocenters. The molecule has 2 N–H and O–H groups in total. The maximum absolute atomic E-state index is 12.0. The zero-order valence-electron chi connectivity index (χ0n) is 13.2. The molecule has 0 aliphatic heterocycles. The number of nitrogens with one attached hydrogen (secondary N) is 2. The molecule has 0 spiro atoms. The molecule has 120 valence electrons. The van der Waals surface area contributed by atoms with Gasteiger partial charge in [-0.1, -0.05) is 31.2 Å². The Morgan fingerprint density at radius 1 is 1.14 bits per heavy atom. The third-order valence-corrected chi connectivity index (χ3v) is 4.34. The molecule has 0 saturated heterocycles. The number of nitrogens with zero attached hydrogens (tertiary/aromatic N) is 1. The van der Waals surface area contributed by atoms with Crippen LogP contribution < -0.4 is 10.0 Å². The van der Waals surface area contributed by atoms with Crippen LogP contribution in [0, 0.1) is 0 Å². The van der Waals surface area contributed by atoms with E-state index in [1.807, 2.05) is 43.3 Å². The molecule has 5 nitrogen and oxygen atoms in total. The van der Waals surface area contributed by atoms with E-state index in [-0.39, 0.29) is 5.75 Å². The maximum Gasteiger partial charge on any atom is 0.215 e. The van der Waals surface area contributed by atoms with Crippen molar-refractivity contribution in [1.29, 1.82) is 0 Å². The smallest absolute Gasteiger partial charge is 0.215 e. The van der Waals surface area contributed by atoms with Crippen molar-refractivity contribution in [3.63, 3.8) is 0 Å². The molecule has 0 fully saturated rings. The van der Waals surface area contributed by atoms with Crippen molar-refractivity contribution in [3.8, 4) is 0 Å². The van der Waals surface area contributed by atoms with Gasteiger partial charge >= 0.3 is 0 Å². The van der Waals surface area contributed by atoms with Gasteiger partial charge in [0.15, 0.2) is 0 Å². The molecule has 0 bridgehead atoms. The zero-order chi connectivity index (χ0) is 15.7. The van der Waals surface area contributed by atoms with Crippen molar-refractivity contribution in [2.24, 2.45) is 0 Å². The molecule has 0 radical (unpaired) electrons. The van der Waals surface area contributed by atoms with Crippen LogP contribution in [0.3, 0.4) is 0 Å². The van der Waals surface area contributed by atoms with Crippen LogP contribution in [-0.4, -0.2) is 47.0 Å². The summed E-state index contributed by atoms with van der Waals surface area (Å²) < 4.78 is 26.6. The summed E-state index contributed by atoms with van der Waals surface area (Å²) in [5.41, 5.74) is 1.94. The normalized spacial score (nSPS) is 12.0. The summed E-state index contributed by atoms with van der Waals surface area (Å²) in [7, 11) is 0.566. The summed E-state index contributed by atoms with van der Waals surface area (Å²) in [5, 5.41) is 3.32. The second-order valence-corrected chi connectivity index (χ2v) is 7.26. The molecule has 0 heterocycles. The van der Waals surface area contributed by atoms with Gasteiger partial charge in [0.1, 0.15) is 0 Å². The average molecular weight is 313 g/mol.